The Bertz CT molecular complexity index is 1040. The second kappa shape index (κ2) is 8.44. The number of nitrogens with zero attached hydrogens (tertiary/aromatic N) is 1. The molecule has 1 saturated heterocycles. The van der Waals surface area contributed by atoms with Crippen molar-refractivity contribution in [2.24, 2.45) is 0 Å². The molecular weight excluding hydrogens is 429 g/mol. The molecular formula is C22H27F3N2O3S. The van der Waals surface area contributed by atoms with Gasteiger partial charge in [-0.25, -0.2) is 13.1 Å². The van der Waals surface area contributed by atoms with Gasteiger partial charge in [0.15, 0.2) is 0 Å². The Labute approximate surface area is 180 Å². The summed E-state index contributed by atoms with van der Waals surface area (Å²) in [7, 11) is -4.39. The van der Waals surface area contributed by atoms with Gasteiger partial charge in [-0.2, -0.15) is 13.2 Å². The van der Waals surface area contributed by atoms with E-state index in [4.69, 9.17) is 0 Å². The van der Waals surface area contributed by atoms with Crippen LogP contribution in [0.25, 0.3) is 11.1 Å². The van der Waals surface area contributed by atoms with Crippen LogP contribution in [0.1, 0.15) is 39.2 Å². The molecule has 0 radical (unpaired) electrons. The van der Waals surface area contributed by atoms with E-state index in [9.17, 15) is 26.7 Å². The second-order valence-corrected chi connectivity index (χ2v) is 10.5. The van der Waals surface area contributed by atoms with Crippen molar-refractivity contribution in [1.82, 2.24) is 9.62 Å². The normalized spacial score (nSPS) is 17.1. The highest BCUT2D eigenvalue weighted by Gasteiger charge is 2.39. The van der Waals surface area contributed by atoms with Crippen molar-refractivity contribution < 1.29 is 26.7 Å². The van der Waals surface area contributed by atoms with Crippen LogP contribution in [0, 0.1) is 0 Å². The van der Waals surface area contributed by atoms with Crippen molar-refractivity contribution in [3.05, 3.63) is 48.0 Å². The Balaban J connectivity index is 1.90. The molecule has 9 heteroatoms. The molecule has 1 aliphatic heterocycles. The fourth-order valence-electron chi connectivity index (χ4n) is 3.82. The van der Waals surface area contributed by atoms with Crippen LogP contribution in [0.3, 0.4) is 0 Å². The first-order valence-electron chi connectivity index (χ1n) is 10.1. The molecule has 0 aromatic heterocycles. The predicted molar refractivity (Wildman–Crippen MR) is 113 cm³/mol. The highest BCUT2D eigenvalue weighted by atomic mass is 32.2. The fourth-order valence-corrected chi connectivity index (χ4v) is 5.34. The van der Waals surface area contributed by atoms with Gasteiger partial charge in [0.25, 0.3) is 0 Å². The van der Waals surface area contributed by atoms with Gasteiger partial charge in [-0.3, -0.25) is 4.90 Å². The number of phenolic OH excluding ortho intramolecular Hbond substituents is 1. The van der Waals surface area contributed by atoms with Crippen molar-refractivity contribution in [3.63, 3.8) is 0 Å². The molecule has 1 heterocycles. The van der Waals surface area contributed by atoms with Crippen LogP contribution in [0.5, 0.6) is 5.75 Å². The summed E-state index contributed by atoms with van der Waals surface area (Å²) in [6.45, 7) is 7.53. The summed E-state index contributed by atoms with van der Waals surface area (Å²) in [4.78, 5) is 1.41. The number of benzene rings is 2. The van der Waals surface area contributed by atoms with Crippen LogP contribution in [0.15, 0.2) is 47.4 Å². The van der Waals surface area contributed by atoms with Crippen LogP contribution in [0.2, 0.25) is 0 Å². The number of para-hydroxylation sites is 1. The van der Waals surface area contributed by atoms with Crippen molar-refractivity contribution in [2.45, 2.75) is 56.3 Å². The lowest BCUT2D eigenvalue weighted by Crippen LogP contribution is -2.50. The lowest BCUT2D eigenvalue weighted by molar-refractivity contribution is -0.139. The number of nitrogens with one attached hydrogen (secondary N) is 1. The molecule has 5 nitrogen and oxygen atoms in total. The maximum atomic E-state index is 13.8. The number of rotatable bonds is 4. The number of hydrogen-bond acceptors (Lipinski definition) is 4. The molecule has 0 saturated carbocycles. The molecule has 0 spiro atoms. The van der Waals surface area contributed by atoms with E-state index < -0.39 is 32.7 Å². The smallest absolute Gasteiger partial charge is 0.417 e. The first kappa shape index (κ1) is 23.6. The molecule has 0 bridgehead atoms. The lowest BCUT2D eigenvalue weighted by atomic mass is 9.99. The molecule has 0 unspecified atom stereocenters. The third-order valence-electron chi connectivity index (χ3n) is 5.55. The van der Waals surface area contributed by atoms with Gasteiger partial charge in [0.2, 0.25) is 10.0 Å². The van der Waals surface area contributed by atoms with Crippen LogP contribution < -0.4 is 4.72 Å². The van der Waals surface area contributed by atoms with Crippen molar-refractivity contribution in [1.29, 1.82) is 0 Å². The number of halogens is 3. The summed E-state index contributed by atoms with van der Waals surface area (Å²) in [5, 5.41) is 9.97. The monoisotopic (exact) mass is 456 g/mol. The number of likely N-dealkylation sites (tertiary alicyclic amines) is 1. The summed E-state index contributed by atoms with van der Waals surface area (Å²) in [5.41, 5.74) is -1.03. The Kier molecular flexibility index (Phi) is 6.42. The first-order valence-corrected chi connectivity index (χ1v) is 11.5. The minimum absolute atomic E-state index is 0.0495. The zero-order chi connectivity index (χ0) is 23.0. The Morgan fingerprint density at radius 1 is 1.03 bits per heavy atom. The van der Waals surface area contributed by atoms with Gasteiger partial charge >= 0.3 is 6.18 Å². The molecule has 31 heavy (non-hydrogen) atoms. The Morgan fingerprint density at radius 3 is 2.19 bits per heavy atom. The first-order chi connectivity index (χ1) is 14.3. The van der Waals surface area contributed by atoms with E-state index in [0.717, 1.165) is 12.1 Å². The van der Waals surface area contributed by atoms with Gasteiger partial charge in [0.1, 0.15) is 5.75 Å². The SMILES string of the molecule is CC(C)(C)N1CCC(NS(=O)(=O)c2ccc(-c3ccccc3O)cc2C(F)(F)F)CC1. The molecule has 1 aliphatic rings. The minimum Gasteiger partial charge on any atom is -0.507 e. The summed E-state index contributed by atoms with van der Waals surface area (Å²) in [5.74, 6) is -0.185. The molecule has 170 valence electrons. The summed E-state index contributed by atoms with van der Waals surface area (Å²) < 4.78 is 69.6. The molecule has 2 aromatic carbocycles. The van der Waals surface area contributed by atoms with Crippen molar-refractivity contribution in [3.8, 4) is 16.9 Å². The average molecular weight is 457 g/mol. The van der Waals surface area contributed by atoms with Crippen LogP contribution in [-0.4, -0.2) is 43.1 Å². The maximum Gasteiger partial charge on any atom is 0.417 e. The van der Waals surface area contributed by atoms with Gasteiger partial charge in [-0.15, -0.1) is 0 Å². The van der Waals surface area contributed by atoms with E-state index >= 15 is 0 Å². The lowest BCUT2D eigenvalue weighted by Gasteiger charge is -2.40. The number of phenols is 1. The van der Waals surface area contributed by atoms with E-state index in [-0.39, 0.29) is 22.4 Å². The van der Waals surface area contributed by atoms with E-state index in [2.05, 4.69) is 30.4 Å². The topological polar surface area (TPSA) is 69.6 Å². The van der Waals surface area contributed by atoms with Crippen LogP contribution >= 0.6 is 0 Å². The van der Waals surface area contributed by atoms with Crippen molar-refractivity contribution in [2.75, 3.05) is 13.1 Å². The zero-order valence-electron chi connectivity index (χ0n) is 17.7. The van der Waals surface area contributed by atoms with E-state index in [0.29, 0.717) is 25.9 Å². The summed E-state index contributed by atoms with van der Waals surface area (Å²) in [6.07, 6.45) is -3.83. The second-order valence-electron chi connectivity index (χ2n) is 8.78. The third kappa shape index (κ3) is 5.39. The number of aromatic hydroxyl groups is 1. The number of alkyl halides is 3. The van der Waals surface area contributed by atoms with Gasteiger partial charge in [-0.05, 0) is 57.4 Å². The maximum absolute atomic E-state index is 13.8. The van der Waals surface area contributed by atoms with Gasteiger partial charge in [-0.1, -0.05) is 24.3 Å². The quantitative estimate of drug-likeness (QED) is 0.705. The van der Waals surface area contributed by atoms with Crippen LogP contribution in [0.4, 0.5) is 13.2 Å². The highest BCUT2D eigenvalue weighted by Crippen LogP contribution is 2.38. The largest absolute Gasteiger partial charge is 0.507 e. The average Bonchev–Trinajstić information content (AvgIpc) is 2.66. The van der Waals surface area contributed by atoms with E-state index in [1.807, 2.05) is 0 Å². The van der Waals surface area contributed by atoms with Crippen molar-refractivity contribution >= 4 is 10.0 Å². The Hall–Kier alpha value is -2.10. The van der Waals surface area contributed by atoms with E-state index in [1.54, 1.807) is 12.1 Å². The van der Waals surface area contributed by atoms with Gasteiger partial charge in [0, 0.05) is 30.2 Å². The summed E-state index contributed by atoms with van der Waals surface area (Å²) in [6, 6.07) is 8.54. The Morgan fingerprint density at radius 2 is 1.65 bits per heavy atom. The third-order valence-corrected chi connectivity index (χ3v) is 7.13. The number of piperidine rings is 1. The predicted octanol–water partition coefficient (Wildman–Crippen LogP) is 4.62. The van der Waals surface area contributed by atoms with Gasteiger partial charge < -0.3 is 5.11 Å². The van der Waals surface area contributed by atoms with Gasteiger partial charge in [0.05, 0.1) is 10.5 Å². The minimum atomic E-state index is -4.87. The van der Waals surface area contributed by atoms with Crippen LogP contribution in [-0.2, 0) is 16.2 Å². The molecule has 0 aliphatic carbocycles. The molecule has 0 atom stereocenters. The summed E-state index contributed by atoms with van der Waals surface area (Å²) >= 11 is 0. The zero-order valence-corrected chi connectivity index (χ0v) is 18.5. The molecule has 0 amide bonds. The van der Waals surface area contributed by atoms with E-state index in [1.165, 1.54) is 18.2 Å². The fraction of sp³-hybridized carbons (Fsp3) is 0.455. The molecule has 2 aromatic rings. The molecule has 2 N–H and O–H groups in total. The number of sulfonamides is 1. The molecule has 3 rings (SSSR count). The highest BCUT2D eigenvalue weighted by molar-refractivity contribution is 7.89. The number of hydrogen-bond donors (Lipinski definition) is 2. The standard InChI is InChI=1S/C22H27F3N2O3S/c1-21(2,3)27-12-10-16(11-13-27)26-31(29,30)20-9-8-15(14-18(20)22(23,24)25)17-6-4-5-7-19(17)28/h4-9,14,16,26,28H,10-13H2,1-3H3. The molecule has 1 fully saturated rings.